The minimum Gasteiger partial charge on any atom is -0.456 e. The van der Waals surface area contributed by atoms with Gasteiger partial charge in [0.1, 0.15) is 5.60 Å². The van der Waals surface area contributed by atoms with E-state index in [1.54, 1.807) is 0 Å². The van der Waals surface area contributed by atoms with Crippen LogP contribution in [0.15, 0.2) is 18.2 Å². The number of hydrogen-bond donors (Lipinski definition) is 1. The normalized spacial score (nSPS) is 19.4. The highest BCUT2D eigenvalue weighted by Crippen LogP contribution is 2.46. The molecule has 2 aliphatic rings. The Morgan fingerprint density at radius 1 is 1.25 bits per heavy atom. The summed E-state index contributed by atoms with van der Waals surface area (Å²) in [5.74, 6) is 0.575. The zero-order valence-corrected chi connectivity index (χ0v) is 17.9. The molecular weight excluding hydrogens is 352 g/mol. The van der Waals surface area contributed by atoms with Gasteiger partial charge in [-0.25, -0.2) is 0 Å². The van der Waals surface area contributed by atoms with E-state index in [9.17, 15) is 4.79 Å². The fourth-order valence-electron chi connectivity index (χ4n) is 4.40. The van der Waals surface area contributed by atoms with Gasteiger partial charge in [0.05, 0.1) is 11.4 Å². The van der Waals surface area contributed by atoms with Crippen LogP contribution >= 0.6 is 0 Å². The summed E-state index contributed by atoms with van der Waals surface area (Å²) < 4.78 is 11.2. The standard InChI is InChI=1S/C23H36N2O3/c1-17(2)15-25(20-8-12-27-13-9-20)22-7-6-19(14-21(22)24-18(3)4)23(28-16-26)10-5-11-23/h6-7,14,16-18,20,24H,5,8-13,15H2,1-4H3. The lowest BCUT2D eigenvalue weighted by molar-refractivity contribution is -0.155. The maximum atomic E-state index is 11.1. The Balaban J connectivity index is 1.97. The predicted molar refractivity (Wildman–Crippen MR) is 114 cm³/mol. The summed E-state index contributed by atoms with van der Waals surface area (Å²) in [5.41, 5.74) is 3.06. The molecule has 1 aliphatic carbocycles. The van der Waals surface area contributed by atoms with Crippen LogP contribution in [0.5, 0.6) is 0 Å². The third kappa shape index (κ3) is 4.62. The number of carbonyl (C=O) groups excluding carboxylic acids is 1. The summed E-state index contributed by atoms with van der Waals surface area (Å²) in [5, 5.41) is 3.65. The molecule has 0 aromatic heterocycles. The largest absolute Gasteiger partial charge is 0.456 e. The van der Waals surface area contributed by atoms with Crippen molar-refractivity contribution in [1.29, 1.82) is 0 Å². The predicted octanol–water partition coefficient (Wildman–Crippen LogP) is 4.70. The van der Waals surface area contributed by atoms with Gasteiger partial charge >= 0.3 is 0 Å². The summed E-state index contributed by atoms with van der Waals surface area (Å²) in [6, 6.07) is 7.43. The second-order valence-electron chi connectivity index (χ2n) is 8.98. The first kappa shape index (κ1) is 21.0. The highest BCUT2D eigenvalue weighted by molar-refractivity contribution is 5.72. The molecule has 1 N–H and O–H groups in total. The Kier molecular flexibility index (Phi) is 6.86. The first-order valence-electron chi connectivity index (χ1n) is 10.8. The monoisotopic (exact) mass is 388 g/mol. The van der Waals surface area contributed by atoms with E-state index in [1.165, 1.54) is 5.69 Å². The highest BCUT2D eigenvalue weighted by Gasteiger charge is 2.41. The van der Waals surface area contributed by atoms with Crippen LogP contribution in [0.25, 0.3) is 0 Å². The molecule has 0 amide bonds. The van der Waals surface area contributed by atoms with E-state index in [2.05, 4.69) is 56.1 Å². The molecule has 1 saturated carbocycles. The van der Waals surface area contributed by atoms with Gasteiger partial charge in [0.15, 0.2) is 0 Å². The van der Waals surface area contributed by atoms with E-state index in [0.717, 1.165) is 63.1 Å². The molecule has 0 unspecified atom stereocenters. The van der Waals surface area contributed by atoms with Crippen LogP contribution in [0.1, 0.15) is 65.4 Å². The van der Waals surface area contributed by atoms with E-state index >= 15 is 0 Å². The van der Waals surface area contributed by atoms with Gasteiger partial charge in [-0.1, -0.05) is 19.9 Å². The molecule has 0 atom stereocenters. The molecular formula is C23H36N2O3. The number of carbonyl (C=O) groups is 1. The Labute approximate surface area is 169 Å². The lowest BCUT2D eigenvalue weighted by Crippen LogP contribution is -2.42. The van der Waals surface area contributed by atoms with Crippen LogP contribution in [-0.2, 0) is 19.9 Å². The smallest absolute Gasteiger partial charge is 0.293 e. The van der Waals surface area contributed by atoms with E-state index < -0.39 is 5.60 Å². The molecule has 2 fully saturated rings. The lowest BCUT2D eigenvalue weighted by Gasteiger charge is -2.42. The average Bonchev–Trinajstić information content (AvgIpc) is 2.63. The van der Waals surface area contributed by atoms with Crippen molar-refractivity contribution in [2.75, 3.05) is 30.0 Å². The molecule has 5 heteroatoms. The summed E-state index contributed by atoms with van der Waals surface area (Å²) >= 11 is 0. The van der Waals surface area contributed by atoms with Crippen LogP contribution in [0.3, 0.4) is 0 Å². The molecule has 1 aromatic rings. The van der Waals surface area contributed by atoms with E-state index in [0.29, 0.717) is 24.5 Å². The van der Waals surface area contributed by atoms with Gasteiger partial charge in [0.2, 0.25) is 0 Å². The first-order valence-corrected chi connectivity index (χ1v) is 10.8. The van der Waals surface area contributed by atoms with Gasteiger partial charge in [-0.2, -0.15) is 0 Å². The van der Waals surface area contributed by atoms with Gasteiger partial charge in [0.25, 0.3) is 6.47 Å². The van der Waals surface area contributed by atoms with Crippen LogP contribution in [0.2, 0.25) is 0 Å². The zero-order valence-electron chi connectivity index (χ0n) is 17.9. The van der Waals surface area contributed by atoms with Crippen molar-refractivity contribution in [2.45, 2.75) is 77.5 Å². The van der Waals surface area contributed by atoms with Gasteiger partial charge < -0.3 is 19.7 Å². The van der Waals surface area contributed by atoms with Crippen molar-refractivity contribution in [3.05, 3.63) is 23.8 Å². The van der Waals surface area contributed by atoms with Crippen molar-refractivity contribution in [3.63, 3.8) is 0 Å². The Hall–Kier alpha value is -1.75. The number of ether oxygens (including phenoxy) is 2. The third-order valence-electron chi connectivity index (χ3n) is 5.90. The second kappa shape index (κ2) is 9.17. The Bertz CT molecular complexity index is 649. The SMILES string of the molecule is CC(C)CN(c1ccc(C2(OC=O)CCC2)cc1NC(C)C)C1CCOCC1. The number of nitrogens with zero attached hydrogens (tertiary/aromatic N) is 1. The zero-order chi connectivity index (χ0) is 20.1. The van der Waals surface area contributed by atoms with Crippen LogP contribution in [-0.4, -0.2) is 38.3 Å². The van der Waals surface area contributed by atoms with E-state index in [-0.39, 0.29) is 0 Å². The molecule has 1 heterocycles. The number of nitrogens with one attached hydrogen (secondary N) is 1. The lowest BCUT2D eigenvalue weighted by atomic mass is 9.74. The quantitative estimate of drug-likeness (QED) is 0.622. The molecule has 1 aliphatic heterocycles. The van der Waals surface area contributed by atoms with Crippen LogP contribution in [0, 0.1) is 5.92 Å². The van der Waals surface area contributed by atoms with Gasteiger partial charge in [-0.05, 0) is 69.6 Å². The van der Waals surface area contributed by atoms with Gasteiger partial charge in [0, 0.05) is 31.8 Å². The summed E-state index contributed by atoms with van der Waals surface area (Å²) in [6.07, 6.45) is 5.04. The summed E-state index contributed by atoms with van der Waals surface area (Å²) in [4.78, 5) is 13.7. The minimum atomic E-state index is -0.435. The third-order valence-corrected chi connectivity index (χ3v) is 5.90. The molecule has 1 saturated heterocycles. The molecule has 1 aromatic carbocycles. The molecule has 5 nitrogen and oxygen atoms in total. The first-order chi connectivity index (χ1) is 13.4. The number of anilines is 2. The fraction of sp³-hybridized carbons (Fsp3) is 0.696. The Morgan fingerprint density at radius 2 is 1.96 bits per heavy atom. The average molecular weight is 389 g/mol. The second-order valence-corrected chi connectivity index (χ2v) is 8.98. The maximum Gasteiger partial charge on any atom is 0.293 e. The molecule has 156 valence electrons. The summed E-state index contributed by atoms with van der Waals surface area (Å²) in [6.45, 7) is 12.2. The van der Waals surface area contributed by atoms with Crippen molar-refractivity contribution in [3.8, 4) is 0 Å². The molecule has 0 spiro atoms. The van der Waals surface area contributed by atoms with Crippen molar-refractivity contribution in [1.82, 2.24) is 0 Å². The highest BCUT2D eigenvalue weighted by atomic mass is 16.5. The topological polar surface area (TPSA) is 50.8 Å². The number of hydrogen-bond acceptors (Lipinski definition) is 5. The van der Waals surface area contributed by atoms with Crippen molar-refractivity contribution >= 4 is 17.8 Å². The molecule has 0 radical (unpaired) electrons. The molecule has 28 heavy (non-hydrogen) atoms. The van der Waals surface area contributed by atoms with Crippen molar-refractivity contribution < 1.29 is 14.3 Å². The molecule has 3 rings (SSSR count). The number of benzene rings is 1. The molecule has 0 bridgehead atoms. The van der Waals surface area contributed by atoms with Crippen molar-refractivity contribution in [2.24, 2.45) is 5.92 Å². The van der Waals surface area contributed by atoms with Gasteiger partial charge in [-0.3, -0.25) is 4.79 Å². The fourth-order valence-corrected chi connectivity index (χ4v) is 4.40. The van der Waals surface area contributed by atoms with Crippen LogP contribution < -0.4 is 10.2 Å². The van der Waals surface area contributed by atoms with Gasteiger partial charge in [-0.15, -0.1) is 0 Å². The van der Waals surface area contributed by atoms with E-state index in [1.807, 2.05) is 0 Å². The Morgan fingerprint density at radius 3 is 2.50 bits per heavy atom. The number of rotatable bonds is 9. The minimum absolute atomic E-state index is 0.328. The maximum absolute atomic E-state index is 11.1. The van der Waals surface area contributed by atoms with E-state index in [4.69, 9.17) is 9.47 Å². The van der Waals surface area contributed by atoms with Crippen LogP contribution in [0.4, 0.5) is 11.4 Å². The summed E-state index contributed by atoms with van der Waals surface area (Å²) in [7, 11) is 0.